The number of anilines is 1. The lowest BCUT2D eigenvalue weighted by Gasteiger charge is -2.09. The number of hydrogen-bond donors (Lipinski definition) is 4. The molecule has 1 amide bonds. The van der Waals surface area contributed by atoms with Gasteiger partial charge in [0.05, 0.1) is 17.3 Å². The van der Waals surface area contributed by atoms with E-state index in [0.29, 0.717) is 23.8 Å². The normalized spacial score (nSPS) is 22.2. The van der Waals surface area contributed by atoms with Gasteiger partial charge in [-0.15, -0.1) is 0 Å². The molecule has 0 saturated heterocycles. The Balaban J connectivity index is 1.68. The lowest BCUT2D eigenvalue weighted by molar-refractivity contribution is 0.0941. The van der Waals surface area contributed by atoms with Crippen LogP contribution >= 0.6 is 0 Å². The molecular formula is C15H19N3O2. The number of nitrogen functional groups attached to an aromatic ring is 1. The number of nitrogens with two attached hydrogens (primary N) is 1. The molecule has 1 aliphatic carbocycles. The minimum atomic E-state index is -0.204. The van der Waals surface area contributed by atoms with Gasteiger partial charge in [-0.05, 0) is 37.3 Å². The highest BCUT2D eigenvalue weighted by molar-refractivity contribution is 6.00. The number of aromatic nitrogens is 1. The smallest absolute Gasteiger partial charge is 0.267 e. The number of fused-ring (bicyclic) bond motifs is 1. The van der Waals surface area contributed by atoms with Crippen LogP contribution in [0.2, 0.25) is 0 Å². The molecule has 5 nitrogen and oxygen atoms in total. The number of carbonyl (C=O) groups is 1. The molecule has 5 N–H and O–H groups in total. The quantitative estimate of drug-likeness (QED) is 0.641. The summed E-state index contributed by atoms with van der Waals surface area (Å²) in [5.41, 5.74) is 7.83. The van der Waals surface area contributed by atoms with Gasteiger partial charge < -0.3 is 21.1 Å². The summed E-state index contributed by atoms with van der Waals surface area (Å²) in [6, 6.07) is 7.41. The van der Waals surface area contributed by atoms with Crippen LogP contribution in [0.3, 0.4) is 0 Å². The Morgan fingerprint density at radius 1 is 1.45 bits per heavy atom. The van der Waals surface area contributed by atoms with Crippen molar-refractivity contribution in [3.63, 3.8) is 0 Å². The number of H-pyrrole nitrogens is 1. The molecule has 0 aliphatic heterocycles. The third-order valence-electron chi connectivity index (χ3n) is 4.00. The van der Waals surface area contributed by atoms with Crippen molar-refractivity contribution in [1.29, 1.82) is 0 Å². The van der Waals surface area contributed by atoms with Crippen LogP contribution in [0, 0.1) is 5.92 Å². The zero-order valence-electron chi connectivity index (χ0n) is 11.2. The fourth-order valence-electron chi connectivity index (χ4n) is 2.87. The Labute approximate surface area is 117 Å². The Kier molecular flexibility index (Phi) is 3.36. The fourth-order valence-corrected chi connectivity index (χ4v) is 2.87. The maximum atomic E-state index is 12.1. The predicted octanol–water partition coefficient (Wildman–Crippen LogP) is 1.64. The molecule has 1 aromatic heterocycles. The lowest BCUT2D eigenvalue weighted by Crippen LogP contribution is -2.28. The molecule has 1 aliphatic rings. The number of benzene rings is 1. The van der Waals surface area contributed by atoms with Gasteiger partial charge in [-0.2, -0.15) is 0 Å². The monoisotopic (exact) mass is 273 g/mol. The number of nitrogens with one attached hydrogen (secondary N) is 2. The van der Waals surface area contributed by atoms with Crippen molar-refractivity contribution in [2.75, 3.05) is 12.3 Å². The Morgan fingerprint density at radius 2 is 2.30 bits per heavy atom. The molecule has 5 heteroatoms. The molecule has 0 spiro atoms. The standard InChI is InChI=1S/C15H19N3O2/c16-12-3-1-2-10-7-13(18-14(10)12)15(20)17-8-9-4-5-11(19)6-9/h1-3,7,9,11,18-19H,4-6,8,16H2,(H,17,20). The van der Waals surface area contributed by atoms with Crippen LogP contribution in [-0.4, -0.2) is 28.6 Å². The van der Waals surface area contributed by atoms with Gasteiger partial charge in [0.25, 0.3) is 5.91 Å². The van der Waals surface area contributed by atoms with E-state index in [2.05, 4.69) is 10.3 Å². The Morgan fingerprint density at radius 3 is 3.00 bits per heavy atom. The van der Waals surface area contributed by atoms with Crippen LogP contribution < -0.4 is 11.1 Å². The van der Waals surface area contributed by atoms with E-state index in [1.54, 1.807) is 6.07 Å². The minimum absolute atomic E-state index is 0.123. The third-order valence-corrected chi connectivity index (χ3v) is 4.00. The summed E-state index contributed by atoms with van der Waals surface area (Å²) < 4.78 is 0. The maximum Gasteiger partial charge on any atom is 0.267 e. The first-order valence-corrected chi connectivity index (χ1v) is 6.97. The molecule has 0 bridgehead atoms. The summed E-state index contributed by atoms with van der Waals surface area (Å²) in [7, 11) is 0. The maximum absolute atomic E-state index is 12.1. The average molecular weight is 273 g/mol. The second-order valence-corrected chi connectivity index (χ2v) is 5.54. The molecule has 1 aromatic carbocycles. The van der Waals surface area contributed by atoms with E-state index in [4.69, 9.17) is 5.73 Å². The van der Waals surface area contributed by atoms with Crippen molar-refractivity contribution in [3.8, 4) is 0 Å². The van der Waals surface area contributed by atoms with E-state index in [1.807, 2.05) is 18.2 Å². The lowest BCUT2D eigenvalue weighted by atomic mass is 10.1. The van der Waals surface area contributed by atoms with Crippen LogP contribution in [0.15, 0.2) is 24.3 Å². The van der Waals surface area contributed by atoms with Crippen LogP contribution in [0.4, 0.5) is 5.69 Å². The van der Waals surface area contributed by atoms with E-state index >= 15 is 0 Å². The highest BCUT2D eigenvalue weighted by atomic mass is 16.3. The van der Waals surface area contributed by atoms with Crippen molar-refractivity contribution in [1.82, 2.24) is 10.3 Å². The summed E-state index contributed by atoms with van der Waals surface area (Å²) in [4.78, 5) is 15.2. The molecule has 1 saturated carbocycles. The van der Waals surface area contributed by atoms with Crippen molar-refractivity contribution in [3.05, 3.63) is 30.0 Å². The summed E-state index contributed by atoms with van der Waals surface area (Å²) in [6.07, 6.45) is 2.38. The molecular weight excluding hydrogens is 254 g/mol. The van der Waals surface area contributed by atoms with Crippen molar-refractivity contribution in [2.24, 2.45) is 5.92 Å². The zero-order valence-corrected chi connectivity index (χ0v) is 11.2. The molecule has 2 atom stereocenters. The molecule has 1 heterocycles. The highest BCUT2D eigenvalue weighted by Crippen LogP contribution is 2.25. The topological polar surface area (TPSA) is 91.1 Å². The molecule has 2 aromatic rings. The summed E-state index contributed by atoms with van der Waals surface area (Å²) in [5, 5.41) is 13.3. The van der Waals surface area contributed by atoms with Gasteiger partial charge in [0.15, 0.2) is 0 Å². The first-order chi connectivity index (χ1) is 9.63. The van der Waals surface area contributed by atoms with E-state index < -0.39 is 0 Å². The van der Waals surface area contributed by atoms with Gasteiger partial charge in [0.1, 0.15) is 5.69 Å². The molecule has 106 valence electrons. The van der Waals surface area contributed by atoms with Crippen molar-refractivity contribution >= 4 is 22.5 Å². The Bertz CT molecular complexity index is 635. The third kappa shape index (κ3) is 2.49. The van der Waals surface area contributed by atoms with Crippen molar-refractivity contribution in [2.45, 2.75) is 25.4 Å². The second kappa shape index (κ2) is 5.17. The summed E-state index contributed by atoms with van der Waals surface area (Å²) in [5.74, 6) is 0.255. The Hall–Kier alpha value is -2.01. The van der Waals surface area contributed by atoms with Crippen LogP contribution in [0.25, 0.3) is 10.9 Å². The van der Waals surface area contributed by atoms with E-state index in [0.717, 1.165) is 30.2 Å². The van der Waals surface area contributed by atoms with Gasteiger partial charge in [-0.3, -0.25) is 4.79 Å². The summed E-state index contributed by atoms with van der Waals surface area (Å²) >= 11 is 0. The zero-order chi connectivity index (χ0) is 14.1. The molecule has 1 fully saturated rings. The number of aliphatic hydroxyl groups is 1. The number of aromatic amines is 1. The molecule has 0 radical (unpaired) electrons. The van der Waals surface area contributed by atoms with E-state index in [1.165, 1.54) is 0 Å². The summed E-state index contributed by atoms with van der Waals surface area (Å²) in [6.45, 7) is 0.612. The number of carbonyl (C=O) groups excluding carboxylic acids is 1. The first-order valence-electron chi connectivity index (χ1n) is 6.97. The van der Waals surface area contributed by atoms with Gasteiger partial charge in [0.2, 0.25) is 0 Å². The highest BCUT2D eigenvalue weighted by Gasteiger charge is 2.23. The molecule has 20 heavy (non-hydrogen) atoms. The largest absolute Gasteiger partial charge is 0.397 e. The number of hydrogen-bond acceptors (Lipinski definition) is 3. The van der Waals surface area contributed by atoms with E-state index in [-0.39, 0.29) is 12.0 Å². The number of amides is 1. The second-order valence-electron chi connectivity index (χ2n) is 5.54. The van der Waals surface area contributed by atoms with Gasteiger partial charge in [-0.1, -0.05) is 12.1 Å². The number of aliphatic hydroxyl groups excluding tert-OH is 1. The SMILES string of the molecule is Nc1cccc2cc(C(=O)NCC3CCC(O)C3)[nH]c12. The van der Waals surface area contributed by atoms with Crippen LogP contribution in [-0.2, 0) is 0 Å². The number of rotatable bonds is 3. The molecule has 3 rings (SSSR count). The van der Waals surface area contributed by atoms with Crippen LogP contribution in [0.5, 0.6) is 0 Å². The van der Waals surface area contributed by atoms with Crippen LogP contribution in [0.1, 0.15) is 29.8 Å². The van der Waals surface area contributed by atoms with Gasteiger partial charge in [-0.25, -0.2) is 0 Å². The van der Waals surface area contributed by atoms with Gasteiger partial charge in [0, 0.05) is 11.9 Å². The molecule has 2 unspecified atom stereocenters. The van der Waals surface area contributed by atoms with Crippen molar-refractivity contribution < 1.29 is 9.90 Å². The average Bonchev–Trinajstić information content (AvgIpc) is 3.03. The van der Waals surface area contributed by atoms with Gasteiger partial charge >= 0.3 is 0 Å². The fraction of sp³-hybridized carbons (Fsp3) is 0.400. The predicted molar refractivity (Wildman–Crippen MR) is 78.4 cm³/mol. The number of para-hydroxylation sites is 1. The van der Waals surface area contributed by atoms with E-state index in [9.17, 15) is 9.90 Å². The first kappa shape index (κ1) is 13.0. The minimum Gasteiger partial charge on any atom is -0.397 e.